The van der Waals surface area contributed by atoms with Gasteiger partial charge in [0.15, 0.2) is 0 Å². The van der Waals surface area contributed by atoms with Crippen LogP contribution in [-0.4, -0.2) is 48.2 Å². The number of hydrogen-bond donors (Lipinski definition) is 1. The molecular weight excluding hydrogens is 282 g/mol. The number of nitrogens with zero attached hydrogens (tertiary/aromatic N) is 2. The van der Waals surface area contributed by atoms with Gasteiger partial charge in [0, 0.05) is 31.8 Å². The Bertz CT molecular complexity index is 519. The summed E-state index contributed by atoms with van der Waals surface area (Å²) in [4.78, 5) is 5.27. The Kier molecular flexibility index (Phi) is 5.52. The first-order valence-corrected chi connectivity index (χ1v) is 9.14. The Labute approximate surface area is 141 Å². The van der Waals surface area contributed by atoms with E-state index in [1.165, 1.54) is 24.9 Å². The number of allylic oxidation sites excluding steroid dienone is 1. The smallest absolute Gasteiger partial charge is 0.0588 e. The fourth-order valence-electron chi connectivity index (χ4n) is 4.34. The molecule has 2 heterocycles. The third kappa shape index (κ3) is 3.52. The van der Waals surface area contributed by atoms with E-state index in [0.29, 0.717) is 18.1 Å². The van der Waals surface area contributed by atoms with Gasteiger partial charge in [0.25, 0.3) is 0 Å². The molecule has 3 atom stereocenters. The lowest BCUT2D eigenvalue weighted by atomic mass is 9.91. The van der Waals surface area contributed by atoms with Crippen molar-refractivity contribution >= 4 is 0 Å². The minimum Gasteiger partial charge on any atom is -0.303 e. The van der Waals surface area contributed by atoms with Crippen LogP contribution in [0.3, 0.4) is 0 Å². The van der Waals surface area contributed by atoms with E-state index in [2.05, 4.69) is 72.3 Å². The summed E-state index contributed by atoms with van der Waals surface area (Å²) in [5.41, 5.74) is 2.97. The maximum Gasteiger partial charge on any atom is 0.0588 e. The predicted molar refractivity (Wildman–Crippen MR) is 97.4 cm³/mol. The minimum absolute atomic E-state index is 0.388. The first-order chi connectivity index (χ1) is 11.2. The standard InChI is InChI=1S/C20H31N3/c1-4-19(17(3)23-13-8-9-16(23)2)20(22-14-12-21-15-22)18-10-6-5-7-11-18/h4-7,10-11,16-17,20-21H,8-9,12-15H2,1-3H3/b19-4-. The summed E-state index contributed by atoms with van der Waals surface area (Å²) >= 11 is 0. The van der Waals surface area contributed by atoms with Gasteiger partial charge in [-0.05, 0) is 51.3 Å². The molecule has 1 N–H and O–H groups in total. The van der Waals surface area contributed by atoms with Gasteiger partial charge in [-0.1, -0.05) is 36.4 Å². The second-order valence-corrected chi connectivity index (χ2v) is 6.98. The van der Waals surface area contributed by atoms with E-state index < -0.39 is 0 Å². The van der Waals surface area contributed by atoms with Gasteiger partial charge in [0.2, 0.25) is 0 Å². The molecule has 3 unspecified atom stereocenters. The molecule has 0 bridgehead atoms. The van der Waals surface area contributed by atoms with E-state index in [1.54, 1.807) is 5.57 Å². The Hall–Kier alpha value is -1.16. The number of nitrogens with one attached hydrogen (secondary N) is 1. The van der Waals surface area contributed by atoms with Crippen LogP contribution in [-0.2, 0) is 0 Å². The molecule has 0 amide bonds. The summed E-state index contributed by atoms with van der Waals surface area (Å²) in [6.07, 6.45) is 5.04. The summed E-state index contributed by atoms with van der Waals surface area (Å²) < 4.78 is 0. The molecule has 0 saturated carbocycles. The molecular formula is C20H31N3. The van der Waals surface area contributed by atoms with Crippen molar-refractivity contribution in [3.8, 4) is 0 Å². The van der Waals surface area contributed by atoms with Crippen LogP contribution in [0.15, 0.2) is 42.0 Å². The van der Waals surface area contributed by atoms with Crippen LogP contribution in [0.1, 0.15) is 45.2 Å². The van der Waals surface area contributed by atoms with Crippen molar-refractivity contribution in [1.82, 2.24) is 15.1 Å². The molecule has 0 aliphatic carbocycles. The van der Waals surface area contributed by atoms with Crippen molar-refractivity contribution in [1.29, 1.82) is 0 Å². The van der Waals surface area contributed by atoms with Crippen molar-refractivity contribution in [2.45, 2.75) is 51.7 Å². The SMILES string of the molecule is C/C=C(\C(c1ccccc1)N1CCNC1)C(C)N1CCCC1C. The highest BCUT2D eigenvalue weighted by Gasteiger charge is 2.33. The average molecular weight is 313 g/mol. The van der Waals surface area contributed by atoms with Gasteiger partial charge in [0.05, 0.1) is 6.04 Å². The first-order valence-electron chi connectivity index (χ1n) is 9.14. The van der Waals surface area contributed by atoms with E-state index in [0.717, 1.165) is 19.8 Å². The second-order valence-electron chi connectivity index (χ2n) is 6.98. The molecule has 1 aromatic carbocycles. The van der Waals surface area contributed by atoms with Gasteiger partial charge < -0.3 is 5.32 Å². The normalized spacial score (nSPS) is 26.6. The van der Waals surface area contributed by atoms with Crippen LogP contribution < -0.4 is 5.32 Å². The van der Waals surface area contributed by atoms with Crippen molar-refractivity contribution < 1.29 is 0 Å². The monoisotopic (exact) mass is 313 g/mol. The van der Waals surface area contributed by atoms with Gasteiger partial charge in [-0.3, -0.25) is 9.80 Å². The van der Waals surface area contributed by atoms with Gasteiger partial charge in [-0.2, -0.15) is 0 Å². The fourth-order valence-corrected chi connectivity index (χ4v) is 4.34. The third-order valence-corrected chi connectivity index (χ3v) is 5.60. The number of benzene rings is 1. The van der Waals surface area contributed by atoms with Crippen LogP contribution in [0.2, 0.25) is 0 Å². The summed E-state index contributed by atoms with van der Waals surface area (Å²) in [6, 6.07) is 12.6. The lowest BCUT2D eigenvalue weighted by molar-refractivity contribution is 0.192. The highest BCUT2D eigenvalue weighted by Crippen LogP contribution is 2.35. The fraction of sp³-hybridized carbons (Fsp3) is 0.600. The predicted octanol–water partition coefficient (Wildman–Crippen LogP) is 3.41. The van der Waals surface area contributed by atoms with Crippen molar-refractivity contribution in [3.63, 3.8) is 0 Å². The zero-order chi connectivity index (χ0) is 16.2. The molecule has 0 aromatic heterocycles. The number of hydrogen-bond acceptors (Lipinski definition) is 3. The zero-order valence-corrected chi connectivity index (χ0v) is 14.8. The quantitative estimate of drug-likeness (QED) is 0.841. The topological polar surface area (TPSA) is 18.5 Å². The first kappa shape index (κ1) is 16.7. The minimum atomic E-state index is 0.388. The molecule has 1 aromatic rings. The van der Waals surface area contributed by atoms with E-state index in [4.69, 9.17) is 0 Å². The van der Waals surface area contributed by atoms with Crippen LogP contribution in [0.4, 0.5) is 0 Å². The van der Waals surface area contributed by atoms with E-state index >= 15 is 0 Å². The lowest BCUT2D eigenvalue weighted by Gasteiger charge is -2.38. The molecule has 0 spiro atoms. The van der Waals surface area contributed by atoms with E-state index in [-0.39, 0.29) is 0 Å². The third-order valence-electron chi connectivity index (χ3n) is 5.60. The van der Waals surface area contributed by atoms with Crippen LogP contribution >= 0.6 is 0 Å². The van der Waals surface area contributed by atoms with E-state index in [1.807, 2.05) is 0 Å². The Morgan fingerprint density at radius 2 is 2.04 bits per heavy atom. The molecule has 3 heteroatoms. The molecule has 2 saturated heterocycles. The van der Waals surface area contributed by atoms with Gasteiger partial charge >= 0.3 is 0 Å². The van der Waals surface area contributed by atoms with Crippen molar-refractivity contribution in [2.75, 3.05) is 26.3 Å². The van der Waals surface area contributed by atoms with E-state index in [9.17, 15) is 0 Å². The Morgan fingerprint density at radius 1 is 1.26 bits per heavy atom. The van der Waals surface area contributed by atoms with Crippen molar-refractivity contribution in [2.24, 2.45) is 0 Å². The molecule has 3 rings (SSSR count). The summed E-state index contributed by atoms with van der Waals surface area (Å²) in [5, 5.41) is 3.50. The van der Waals surface area contributed by atoms with Gasteiger partial charge in [-0.15, -0.1) is 0 Å². The Balaban J connectivity index is 1.90. The van der Waals surface area contributed by atoms with Crippen LogP contribution in [0, 0.1) is 0 Å². The number of likely N-dealkylation sites (tertiary alicyclic amines) is 1. The van der Waals surface area contributed by atoms with Gasteiger partial charge in [-0.25, -0.2) is 0 Å². The molecule has 2 fully saturated rings. The zero-order valence-electron chi connectivity index (χ0n) is 14.8. The highest BCUT2D eigenvalue weighted by atomic mass is 15.3. The molecule has 0 radical (unpaired) electrons. The molecule has 2 aliphatic heterocycles. The van der Waals surface area contributed by atoms with Crippen molar-refractivity contribution in [3.05, 3.63) is 47.5 Å². The highest BCUT2D eigenvalue weighted by molar-refractivity contribution is 5.31. The second kappa shape index (κ2) is 7.61. The molecule has 126 valence electrons. The molecule has 2 aliphatic rings. The summed E-state index contributed by atoms with van der Waals surface area (Å²) in [5.74, 6) is 0. The average Bonchev–Trinajstić information content (AvgIpc) is 3.24. The van der Waals surface area contributed by atoms with Gasteiger partial charge in [0.1, 0.15) is 0 Å². The number of rotatable bonds is 5. The van der Waals surface area contributed by atoms with Crippen LogP contribution in [0.25, 0.3) is 0 Å². The maximum atomic E-state index is 3.50. The van der Waals surface area contributed by atoms with Crippen LogP contribution in [0.5, 0.6) is 0 Å². The largest absolute Gasteiger partial charge is 0.303 e. The lowest BCUT2D eigenvalue weighted by Crippen LogP contribution is -2.41. The maximum absolute atomic E-state index is 3.50. The molecule has 3 nitrogen and oxygen atoms in total. The summed E-state index contributed by atoms with van der Waals surface area (Å²) in [6.45, 7) is 11.4. The summed E-state index contributed by atoms with van der Waals surface area (Å²) in [7, 11) is 0. The Morgan fingerprint density at radius 3 is 2.61 bits per heavy atom. The molecule has 23 heavy (non-hydrogen) atoms.